The van der Waals surface area contributed by atoms with Gasteiger partial charge in [0.05, 0.1) is 0 Å². The van der Waals surface area contributed by atoms with E-state index < -0.39 is 32.7 Å². The molecule has 0 aliphatic rings. The predicted molar refractivity (Wildman–Crippen MR) is 114 cm³/mol. The lowest BCUT2D eigenvalue weighted by Crippen LogP contribution is -2.49. The highest BCUT2D eigenvalue weighted by Crippen LogP contribution is 2.15. The van der Waals surface area contributed by atoms with Crippen LogP contribution in [-0.2, 0) is 21.2 Å². The summed E-state index contributed by atoms with van der Waals surface area (Å²) in [7, 11) is -4.30. The van der Waals surface area contributed by atoms with Crippen molar-refractivity contribution in [3.8, 4) is 0 Å². The molecule has 162 valence electrons. The SMILES string of the molecule is Cc1cc(C)nc(NNC(=O)[C@@H](Cc2ccccc2)NS(=O)(=O)c2ccccc2F)n1. The zero-order chi connectivity index (χ0) is 22.4. The van der Waals surface area contributed by atoms with Crippen molar-refractivity contribution in [1.82, 2.24) is 20.1 Å². The quantitative estimate of drug-likeness (QED) is 0.461. The number of nitrogens with zero attached hydrogens (tertiary/aromatic N) is 2. The number of aromatic nitrogens is 2. The van der Waals surface area contributed by atoms with Crippen molar-refractivity contribution in [2.75, 3.05) is 5.43 Å². The maximum atomic E-state index is 14.1. The van der Waals surface area contributed by atoms with Gasteiger partial charge in [0.25, 0.3) is 5.91 Å². The fourth-order valence-corrected chi connectivity index (χ4v) is 4.21. The fourth-order valence-electron chi connectivity index (χ4n) is 2.94. The van der Waals surface area contributed by atoms with E-state index in [1.165, 1.54) is 12.1 Å². The Morgan fingerprint density at radius 1 is 1.00 bits per heavy atom. The second-order valence-electron chi connectivity index (χ2n) is 6.88. The molecule has 0 unspecified atom stereocenters. The van der Waals surface area contributed by atoms with Crippen LogP contribution in [-0.4, -0.2) is 30.3 Å². The van der Waals surface area contributed by atoms with E-state index in [-0.39, 0.29) is 12.4 Å². The Hall–Kier alpha value is -3.37. The second kappa shape index (κ2) is 9.63. The largest absolute Gasteiger partial charge is 0.271 e. The monoisotopic (exact) mass is 443 g/mol. The van der Waals surface area contributed by atoms with Gasteiger partial charge in [0.2, 0.25) is 16.0 Å². The van der Waals surface area contributed by atoms with Gasteiger partial charge in [-0.2, -0.15) is 4.72 Å². The topological polar surface area (TPSA) is 113 Å². The number of rotatable bonds is 8. The lowest BCUT2D eigenvalue weighted by molar-refractivity contribution is -0.122. The number of halogens is 1. The van der Waals surface area contributed by atoms with Crippen LogP contribution in [0.4, 0.5) is 10.3 Å². The third-order valence-electron chi connectivity index (χ3n) is 4.30. The highest BCUT2D eigenvalue weighted by atomic mass is 32.2. The third-order valence-corrected chi connectivity index (χ3v) is 5.81. The molecule has 1 aromatic heterocycles. The van der Waals surface area contributed by atoms with Crippen molar-refractivity contribution in [2.24, 2.45) is 0 Å². The number of sulfonamides is 1. The molecule has 0 radical (unpaired) electrons. The van der Waals surface area contributed by atoms with Gasteiger partial charge in [0, 0.05) is 11.4 Å². The van der Waals surface area contributed by atoms with E-state index in [1.54, 1.807) is 50.2 Å². The molecule has 3 rings (SSSR count). The first-order valence-electron chi connectivity index (χ1n) is 9.43. The highest BCUT2D eigenvalue weighted by molar-refractivity contribution is 7.89. The number of aryl methyl sites for hydroxylation is 2. The molecule has 31 heavy (non-hydrogen) atoms. The molecule has 0 fully saturated rings. The van der Waals surface area contributed by atoms with Crippen molar-refractivity contribution in [3.05, 3.63) is 83.4 Å². The molecular weight excluding hydrogens is 421 g/mol. The fraction of sp³-hybridized carbons (Fsp3) is 0.190. The molecule has 2 aromatic carbocycles. The molecule has 10 heteroatoms. The van der Waals surface area contributed by atoms with Crippen LogP contribution in [0.25, 0.3) is 0 Å². The Kier molecular flexibility index (Phi) is 6.93. The van der Waals surface area contributed by atoms with Crippen molar-refractivity contribution in [1.29, 1.82) is 0 Å². The number of nitrogens with one attached hydrogen (secondary N) is 3. The maximum Gasteiger partial charge on any atom is 0.256 e. The number of anilines is 1. The standard InChI is InChI=1S/C21H22FN5O3S/c1-14-12-15(2)24-21(23-14)26-25-20(28)18(13-16-8-4-3-5-9-16)27-31(29,30)19-11-7-6-10-17(19)22/h3-12,18,27H,13H2,1-2H3,(H,25,28)(H,23,24,26)/t18-/m1/s1. The van der Waals surface area contributed by atoms with Gasteiger partial charge in [0.15, 0.2) is 0 Å². The molecule has 0 saturated heterocycles. The van der Waals surface area contributed by atoms with Crippen LogP contribution in [0.1, 0.15) is 17.0 Å². The molecule has 1 amide bonds. The summed E-state index contributed by atoms with van der Waals surface area (Å²) >= 11 is 0. The summed E-state index contributed by atoms with van der Waals surface area (Å²) in [5.41, 5.74) is 7.15. The first kappa shape index (κ1) is 22.3. The van der Waals surface area contributed by atoms with Crippen LogP contribution in [0.15, 0.2) is 65.6 Å². The first-order chi connectivity index (χ1) is 14.7. The smallest absolute Gasteiger partial charge is 0.256 e. The van der Waals surface area contributed by atoms with Crippen molar-refractivity contribution in [3.63, 3.8) is 0 Å². The minimum atomic E-state index is -4.30. The number of hydrogen-bond donors (Lipinski definition) is 3. The summed E-state index contributed by atoms with van der Waals surface area (Å²) in [6, 6.07) is 14.4. The number of hydrogen-bond acceptors (Lipinski definition) is 6. The van der Waals surface area contributed by atoms with Gasteiger partial charge in [-0.1, -0.05) is 42.5 Å². The number of carbonyl (C=O) groups excluding carboxylic acids is 1. The van der Waals surface area contributed by atoms with Crippen LogP contribution in [0, 0.1) is 19.7 Å². The lowest BCUT2D eigenvalue weighted by atomic mass is 10.1. The van der Waals surface area contributed by atoms with Crippen molar-refractivity contribution in [2.45, 2.75) is 31.2 Å². The molecule has 3 N–H and O–H groups in total. The molecular formula is C21H22FN5O3S. The molecule has 0 spiro atoms. The van der Waals surface area contributed by atoms with Crippen LogP contribution in [0.5, 0.6) is 0 Å². The van der Waals surface area contributed by atoms with Crippen molar-refractivity contribution >= 4 is 21.9 Å². The Balaban J connectivity index is 1.81. The van der Waals surface area contributed by atoms with E-state index in [0.717, 1.165) is 17.7 Å². The minimum absolute atomic E-state index is 0.0513. The first-order valence-corrected chi connectivity index (χ1v) is 10.9. The van der Waals surface area contributed by atoms with Gasteiger partial charge in [-0.05, 0) is 44.0 Å². The maximum absolute atomic E-state index is 14.1. The summed E-state index contributed by atoms with van der Waals surface area (Å²) in [4.78, 5) is 20.6. The van der Waals surface area contributed by atoms with Gasteiger partial charge >= 0.3 is 0 Å². The Labute approximate surface area is 180 Å². The number of amides is 1. The van der Waals surface area contributed by atoms with Gasteiger partial charge in [-0.3, -0.25) is 15.6 Å². The molecule has 0 aliphatic carbocycles. The number of carbonyl (C=O) groups is 1. The molecule has 3 aromatic rings. The molecule has 1 atom stereocenters. The Morgan fingerprint density at radius 2 is 1.61 bits per heavy atom. The third kappa shape index (κ3) is 6.06. The van der Waals surface area contributed by atoms with E-state index in [2.05, 4.69) is 25.5 Å². The Morgan fingerprint density at radius 3 is 2.26 bits per heavy atom. The molecule has 1 heterocycles. The summed E-state index contributed by atoms with van der Waals surface area (Å²) in [6.45, 7) is 3.56. The minimum Gasteiger partial charge on any atom is -0.271 e. The van der Waals surface area contributed by atoms with Crippen LogP contribution >= 0.6 is 0 Å². The van der Waals surface area contributed by atoms with E-state index in [9.17, 15) is 17.6 Å². The van der Waals surface area contributed by atoms with Crippen LogP contribution in [0.3, 0.4) is 0 Å². The average Bonchev–Trinajstić information content (AvgIpc) is 2.71. The summed E-state index contributed by atoms with van der Waals surface area (Å²) < 4.78 is 41.8. The highest BCUT2D eigenvalue weighted by Gasteiger charge is 2.28. The van der Waals surface area contributed by atoms with Gasteiger partial charge in [-0.15, -0.1) is 0 Å². The van der Waals surface area contributed by atoms with E-state index in [4.69, 9.17) is 0 Å². The lowest BCUT2D eigenvalue weighted by Gasteiger charge is -2.19. The molecule has 8 nitrogen and oxygen atoms in total. The van der Waals surface area contributed by atoms with Gasteiger partial charge in [-0.25, -0.2) is 22.8 Å². The van der Waals surface area contributed by atoms with E-state index in [1.807, 2.05) is 0 Å². The average molecular weight is 444 g/mol. The summed E-state index contributed by atoms with van der Waals surface area (Å²) in [5.74, 6) is -1.41. The zero-order valence-corrected chi connectivity index (χ0v) is 17.8. The Bertz CT molecular complexity index is 1150. The number of hydrazine groups is 1. The summed E-state index contributed by atoms with van der Waals surface area (Å²) in [5, 5.41) is 0. The van der Waals surface area contributed by atoms with Crippen LogP contribution in [0.2, 0.25) is 0 Å². The molecule has 0 bridgehead atoms. The zero-order valence-electron chi connectivity index (χ0n) is 17.0. The molecule has 0 aliphatic heterocycles. The van der Waals surface area contributed by atoms with Crippen molar-refractivity contribution < 1.29 is 17.6 Å². The number of benzene rings is 2. The second-order valence-corrected chi connectivity index (χ2v) is 8.56. The van der Waals surface area contributed by atoms with E-state index in [0.29, 0.717) is 11.4 Å². The summed E-state index contributed by atoms with van der Waals surface area (Å²) in [6.07, 6.45) is 0.0513. The van der Waals surface area contributed by atoms with Gasteiger partial charge < -0.3 is 0 Å². The normalized spacial score (nSPS) is 12.2. The molecule has 0 saturated carbocycles. The predicted octanol–water partition coefficient (Wildman–Crippen LogP) is 2.27. The van der Waals surface area contributed by atoms with Gasteiger partial charge in [0.1, 0.15) is 16.8 Å². The van der Waals surface area contributed by atoms with E-state index >= 15 is 0 Å². The van der Waals surface area contributed by atoms with Crippen LogP contribution < -0.4 is 15.6 Å².